The Hall–Kier alpha value is -1.39. The molecule has 0 bridgehead atoms. The summed E-state index contributed by atoms with van der Waals surface area (Å²) in [5, 5.41) is 0. The molecule has 2 aromatic rings. The van der Waals surface area contributed by atoms with Crippen LogP contribution in [0.4, 0.5) is 0 Å². The summed E-state index contributed by atoms with van der Waals surface area (Å²) in [6.45, 7) is 0. The maximum atomic E-state index is 12.8. The smallest absolute Gasteiger partial charge is 0.102 e. The van der Waals surface area contributed by atoms with E-state index >= 15 is 0 Å². The molecular formula is C14H10BrNOS. The van der Waals surface area contributed by atoms with Crippen LogP contribution in [0.5, 0.6) is 0 Å². The van der Waals surface area contributed by atoms with Gasteiger partial charge in [0.15, 0.2) is 0 Å². The van der Waals surface area contributed by atoms with E-state index in [1.54, 1.807) is 12.1 Å². The first-order valence-corrected chi connectivity index (χ1v) is 7.80. The first-order valence-electron chi connectivity index (χ1n) is 5.44. The van der Waals surface area contributed by atoms with Crippen molar-refractivity contribution in [2.45, 2.75) is 9.79 Å². The van der Waals surface area contributed by atoms with Crippen molar-refractivity contribution < 1.29 is 4.21 Å². The average molecular weight is 320 g/mol. The molecule has 0 fully saturated rings. The lowest BCUT2D eigenvalue weighted by Gasteiger charge is -2.10. The molecule has 0 saturated carbocycles. The topological polar surface area (TPSA) is 40.9 Å². The van der Waals surface area contributed by atoms with Crippen molar-refractivity contribution in [1.29, 1.82) is 4.78 Å². The molecule has 0 radical (unpaired) electrons. The minimum absolute atomic E-state index is 0.576. The van der Waals surface area contributed by atoms with Gasteiger partial charge in [0.1, 0.15) is 9.73 Å². The van der Waals surface area contributed by atoms with E-state index < -0.39 is 9.73 Å². The summed E-state index contributed by atoms with van der Waals surface area (Å²) < 4.78 is 22.0. The summed E-state index contributed by atoms with van der Waals surface area (Å²) in [6, 6.07) is 12.9. The first kappa shape index (κ1) is 11.7. The van der Waals surface area contributed by atoms with Crippen LogP contribution in [0.2, 0.25) is 0 Å². The van der Waals surface area contributed by atoms with Gasteiger partial charge in [0.2, 0.25) is 0 Å². The molecule has 1 aliphatic rings. The highest BCUT2D eigenvalue weighted by atomic mass is 79.9. The van der Waals surface area contributed by atoms with E-state index in [0.717, 1.165) is 15.6 Å². The fraction of sp³-hybridized carbons (Fsp3) is 0. The molecule has 0 spiro atoms. The largest absolute Gasteiger partial charge is 0.245 e. The van der Waals surface area contributed by atoms with Gasteiger partial charge in [0.25, 0.3) is 0 Å². The van der Waals surface area contributed by atoms with Crippen LogP contribution in [-0.4, -0.2) is 4.21 Å². The summed E-state index contributed by atoms with van der Waals surface area (Å²) in [7, 11) is -2.94. The molecule has 90 valence electrons. The summed E-state index contributed by atoms with van der Waals surface area (Å²) in [5.74, 6) is 0. The van der Waals surface area contributed by atoms with Gasteiger partial charge in [0, 0.05) is 4.47 Å². The SMILES string of the molecule is N=S1(=O)c2ccccc2C=Cc2cc(Br)ccc21. The first-order chi connectivity index (χ1) is 8.59. The molecule has 4 heteroatoms. The van der Waals surface area contributed by atoms with Crippen LogP contribution in [0.15, 0.2) is 56.7 Å². The van der Waals surface area contributed by atoms with Crippen LogP contribution in [-0.2, 0) is 9.73 Å². The third-order valence-corrected chi connectivity index (χ3v) is 5.43. The zero-order valence-corrected chi connectivity index (χ0v) is 11.8. The maximum Gasteiger partial charge on any atom is 0.102 e. The zero-order valence-electron chi connectivity index (χ0n) is 9.39. The minimum atomic E-state index is -2.94. The fourth-order valence-corrected chi connectivity index (χ4v) is 4.16. The summed E-state index contributed by atoms with van der Waals surface area (Å²) >= 11 is 3.40. The van der Waals surface area contributed by atoms with Gasteiger partial charge in [-0.05, 0) is 35.4 Å². The Kier molecular flexibility index (Phi) is 2.64. The lowest BCUT2D eigenvalue weighted by molar-refractivity contribution is 0.674. The third-order valence-electron chi connectivity index (χ3n) is 2.95. The zero-order chi connectivity index (χ0) is 12.8. The van der Waals surface area contributed by atoms with Crippen LogP contribution in [0.3, 0.4) is 0 Å². The van der Waals surface area contributed by atoms with Gasteiger partial charge in [0.05, 0.1) is 9.79 Å². The molecule has 0 saturated heterocycles. The van der Waals surface area contributed by atoms with Gasteiger partial charge in [-0.1, -0.05) is 46.3 Å². The monoisotopic (exact) mass is 319 g/mol. The molecule has 0 amide bonds. The minimum Gasteiger partial charge on any atom is -0.245 e. The van der Waals surface area contributed by atoms with Crippen LogP contribution in [0, 0.1) is 4.78 Å². The van der Waals surface area contributed by atoms with Crippen molar-refractivity contribution in [2.24, 2.45) is 0 Å². The van der Waals surface area contributed by atoms with Crippen LogP contribution < -0.4 is 0 Å². The molecule has 1 atom stereocenters. The molecule has 2 nitrogen and oxygen atoms in total. The number of benzene rings is 2. The van der Waals surface area contributed by atoms with Crippen LogP contribution in [0.1, 0.15) is 11.1 Å². The van der Waals surface area contributed by atoms with Crippen molar-refractivity contribution >= 4 is 37.8 Å². The Morgan fingerprint density at radius 3 is 2.44 bits per heavy atom. The van der Waals surface area contributed by atoms with E-state index in [1.165, 1.54) is 0 Å². The van der Waals surface area contributed by atoms with E-state index in [0.29, 0.717) is 9.79 Å². The van der Waals surface area contributed by atoms with Gasteiger partial charge in [-0.3, -0.25) is 0 Å². The number of nitrogens with one attached hydrogen (secondary N) is 1. The highest BCUT2D eigenvalue weighted by Crippen LogP contribution is 2.33. The lowest BCUT2D eigenvalue weighted by Crippen LogP contribution is -2.02. The van der Waals surface area contributed by atoms with E-state index in [2.05, 4.69) is 15.9 Å². The van der Waals surface area contributed by atoms with Crippen molar-refractivity contribution in [3.8, 4) is 0 Å². The Labute approximate surface area is 114 Å². The van der Waals surface area contributed by atoms with Gasteiger partial charge >= 0.3 is 0 Å². The van der Waals surface area contributed by atoms with Gasteiger partial charge in [-0.25, -0.2) is 8.99 Å². The lowest BCUT2D eigenvalue weighted by atomic mass is 10.1. The van der Waals surface area contributed by atoms with Crippen molar-refractivity contribution in [3.63, 3.8) is 0 Å². The molecule has 1 aliphatic heterocycles. The number of hydrogen-bond donors (Lipinski definition) is 1. The molecular weight excluding hydrogens is 310 g/mol. The molecule has 2 aromatic carbocycles. The Balaban J connectivity index is 2.41. The second kappa shape index (κ2) is 4.07. The molecule has 1 unspecified atom stereocenters. The Morgan fingerprint density at radius 1 is 0.944 bits per heavy atom. The Morgan fingerprint density at radius 2 is 1.61 bits per heavy atom. The number of halogens is 1. The van der Waals surface area contributed by atoms with E-state index in [1.807, 2.05) is 42.5 Å². The number of hydrogen-bond acceptors (Lipinski definition) is 2. The van der Waals surface area contributed by atoms with Crippen LogP contribution >= 0.6 is 15.9 Å². The number of fused-ring (bicyclic) bond motifs is 2. The maximum absolute atomic E-state index is 12.8. The summed E-state index contributed by atoms with van der Waals surface area (Å²) in [4.78, 5) is 1.16. The van der Waals surface area contributed by atoms with Gasteiger partial charge in [-0.15, -0.1) is 0 Å². The van der Waals surface area contributed by atoms with Crippen molar-refractivity contribution in [1.82, 2.24) is 0 Å². The summed E-state index contributed by atoms with van der Waals surface area (Å²) in [6.07, 6.45) is 3.84. The summed E-state index contributed by atoms with van der Waals surface area (Å²) in [5.41, 5.74) is 1.69. The Bertz CT molecular complexity index is 763. The fourth-order valence-electron chi connectivity index (χ4n) is 2.09. The van der Waals surface area contributed by atoms with Gasteiger partial charge in [-0.2, -0.15) is 0 Å². The number of rotatable bonds is 0. The highest BCUT2D eigenvalue weighted by molar-refractivity contribution is 9.10. The second-order valence-corrected chi connectivity index (χ2v) is 7.02. The van der Waals surface area contributed by atoms with E-state index in [-0.39, 0.29) is 0 Å². The molecule has 18 heavy (non-hydrogen) atoms. The molecule has 3 rings (SSSR count). The highest BCUT2D eigenvalue weighted by Gasteiger charge is 2.21. The average Bonchev–Trinajstić information content (AvgIpc) is 2.46. The quantitative estimate of drug-likeness (QED) is 0.655. The predicted molar refractivity (Wildman–Crippen MR) is 76.9 cm³/mol. The van der Waals surface area contributed by atoms with Crippen molar-refractivity contribution in [2.75, 3.05) is 0 Å². The van der Waals surface area contributed by atoms with Crippen molar-refractivity contribution in [3.05, 3.63) is 58.1 Å². The standard InChI is InChI=1S/C14H10BrNOS/c15-12-7-8-14-11(9-12)6-5-10-3-1-2-4-13(10)18(14,16)17/h1-9,16H. The third kappa shape index (κ3) is 1.72. The van der Waals surface area contributed by atoms with E-state index in [9.17, 15) is 4.21 Å². The molecule has 0 aromatic heterocycles. The molecule has 1 N–H and O–H groups in total. The second-order valence-electron chi connectivity index (χ2n) is 4.11. The van der Waals surface area contributed by atoms with Gasteiger partial charge < -0.3 is 0 Å². The normalized spacial score (nSPS) is 20.9. The van der Waals surface area contributed by atoms with Crippen LogP contribution in [0.25, 0.3) is 12.2 Å². The molecule has 0 aliphatic carbocycles. The predicted octanol–water partition coefficient (Wildman–Crippen LogP) is 4.40. The molecule has 1 heterocycles. The van der Waals surface area contributed by atoms with E-state index in [4.69, 9.17) is 4.78 Å².